The van der Waals surface area contributed by atoms with E-state index in [0.29, 0.717) is 6.54 Å². The van der Waals surface area contributed by atoms with Gasteiger partial charge in [0.05, 0.1) is 0 Å². The van der Waals surface area contributed by atoms with Crippen molar-refractivity contribution in [3.63, 3.8) is 0 Å². The first-order chi connectivity index (χ1) is 15.7. The molecule has 0 aromatic heterocycles. The summed E-state index contributed by atoms with van der Waals surface area (Å²) >= 11 is -2.96. The summed E-state index contributed by atoms with van der Waals surface area (Å²) in [6.45, 7) is 13.1. The van der Waals surface area contributed by atoms with E-state index >= 15 is 0 Å². The van der Waals surface area contributed by atoms with E-state index in [1.165, 1.54) is 55.4 Å². The summed E-state index contributed by atoms with van der Waals surface area (Å²) in [5.41, 5.74) is 1.40. The van der Waals surface area contributed by atoms with Gasteiger partial charge in [0.2, 0.25) is 0 Å². The van der Waals surface area contributed by atoms with Crippen molar-refractivity contribution >= 4 is 35.8 Å². The molecule has 1 heterocycles. The van der Waals surface area contributed by atoms with E-state index in [1.54, 1.807) is 4.90 Å². The Morgan fingerprint density at radius 3 is 1.88 bits per heavy atom. The molecule has 2 rings (SSSR count). The fourth-order valence-electron chi connectivity index (χ4n) is 4.95. The zero-order valence-electron chi connectivity index (χ0n) is 21.8. The second-order valence-electron chi connectivity index (χ2n) is 10.6. The van der Waals surface area contributed by atoms with Crippen LogP contribution >= 0.6 is 0 Å². The second kappa shape index (κ2) is 13.0. The molecule has 184 valence electrons. The normalized spacial score (nSPS) is 15.2. The minimum absolute atomic E-state index is 0.0823. The summed E-state index contributed by atoms with van der Waals surface area (Å²) in [7, 11) is 0. The molecule has 0 radical (unpaired) electrons. The van der Waals surface area contributed by atoms with E-state index in [9.17, 15) is 9.59 Å². The van der Waals surface area contributed by atoms with Crippen molar-refractivity contribution in [1.29, 1.82) is 0 Å². The molecule has 0 spiro atoms. The number of rotatable bonds is 11. The molecule has 0 fully saturated rings. The Labute approximate surface area is 206 Å². The quantitative estimate of drug-likeness (QED) is 0.261. The number of hydrogen-bond acceptors (Lipinski definition) is 3. The molecule has 1 aliphatic rings. The number of amides is 1. The molecule has 0 saturated heterocycles. The van der Waals surface area contributed by atoms with Gasteiger partial charge in [0.15, 0.2) is 0 Å². The van der Waals surface area contributed by atoms with E-state index in [4.69, 9.17) is 4.74 Å². The van der Waals surface area contributed by atoms with Gasteiger partial charge in [-0.2, -0.15) is 0 Å². The number of carbonyl (C=O) groups is 2. The Bertz CT molecular complexity index is 788. The van der Waals surface area contributed by atoms with Gasteiger partial charge < -0.3 is 0 Å². The Morgan fingerprint density at radius 1 is 0.909 bits per heavy atom. The number of unbranched alkanes of at least 4 members (excludes halogenated alkanes) is 3. The SMILES string of the molecule is CCC[CH2][Sn]([CH2]CCC)([CH2]CCC)[C]1=C(c2ccccc2)C(=O)CN(C(=O)OC(C)(C)C)C1. The first-order valence-electron chi connectivity index (χ1n) is 13.0. The first-order valence-corrected chi connectivity index (χ1v) is 20.5. The Balaban J connectivity index is 2.65. The maximum atomic E-state index is 13.7. The van der Waals surface area contributed by atoms with E-state index in [2.05, 4.69) is 32.9 Å². The van der Waals surface area contributed by atoms with Crippen LogP contribution in [0.15, 0.2) is 33.9 Å². The summed E-state index contributed by atoms with van der Waals surface area (Å²) in [6, 6.07) is 10.2. The van der Waals surface area contributed by atoms with E-state index in [1.807, 2.05) is 39.0 Å². The molecule has 0 saturated carbocycles. The van der Waals surface area contributed by atoms with Crippen LogP contribution in [0.1, 0.15) is 85.6 Å². The Kier molecular flexibility index (Phi) is 11.0. The molecule has 1 aliphatic heterocycles. The third-order valence-corrected chi connectivity index (χ3v) is 22.7. The summed E-state index contributed by atoms with van der Waals surface area (Å²) in [5, 5.41) is 0. The Morgan fingerprint density at radius 2 is 1.42 bits per heavy atom. The molecule has 1 aromatic rings. The minimum atomic E-state index is -2.96. The van der Waals surface area contributed by atoms with Gasteiger partial charge in [-0.1, -0.05) is 0 Å². The topological polar surface area (TPSA) is 46.6 Å². The van der Waals surface area contributed by atoms with Gasteiger partial charge in [-0.25, -0.2) is 0 Å². The zero-order valence-corrected chi connectivity index (χ0v) is 24.7. The fraction of sp³-hybridized carbons (Fsp3) is 0.643. The van der Waals surface area contributed by atoms with Crippen molar-refractivity contribution in [3.05, 3.63) is 39.5 Å². The van der Waals surface area contributed by atoms with Gasteiger partial charge >= 0.3 is 207 Å². The molecule has 5 heteroatoms. The molecular formula is C28H45NO3Sn. The van der Waals surface area contributed by atoms with Crippen LogP contribution in [0.25, 0.3) is 5.57 Å². The number of ketones is 1. The van der Waals surface area contributed by atoms with E-state index < -0.39 is 24.0 Å². The molecule has 1 aromatic carbocycles. The van der Waals surface area contributed by atoms with Crippen LogP contribution in [-0.2, 0) is 9.53 Å². The van der Waals surface area contributed by atoms with E-state index in [-0.39, 0.29) is 18.4 Å². The molecule has 0 unspecified atom stereocenters. The monoisotopic (exact) mass is 563 g/mol. The maximum absolute atomic E-state index is 13.7. The molecule has 0 N–H and O–H groups in total. The average Bonchev–Trinajstić information content (AvgIpc) is 2.78. The van der Waals surface area contributed by atoms with Crippen LogP contribution in [-0.4, -0.2) is 53.8 Å². The first kappa shape index (κ1) is 27.9. The number of ether oxygens (including phenoxy) is 1. The van der Waals surface area contributed by atoms with Crippen molar-refractivity contribution in [2.75, 3.05) is 13.1 Å². The van der Waals surface area contributed by atoms with Crippen molar-refractivity contribution < 1.29 is 14.3 Å². The molecule has 1 amide bonds. The van der Waals surface area contributed by atoms with Crippen LogP contribution in [0.4, 0.5) is 4.79 Å². The third kappa shape index (κ3) is 7.86. The van der Waals surface area contributed by atoms with Crippen LogP contribution in [0.2, 0.25) is 13.3 Å². The number of benzene rings is 1. The molecule has 0 bridgehead atoms. The van der Waals surface area contributed by atoms with Gasteiger partial charge in [0, 0.05) is 0 Å². The average molecular weight is 562 g/mol. The van der Waals surface area contributed by atoms with Gasteiger partial charge in [0.25, 0.3) is 0 Å². The number of carbonyl (C=O) groups excluding carboxylic acids is 2. The van der Waals surface area contributed by atoms with Gasteiger partial charge in [-0.3, -0.25) is 0 Å². The van der Waals surface area contributed by atoms with Crippen LogP contribution in [0.5, 0.6) is 0 Å². The van der Waals surface area contributed by atoms with Crippen molar-refractivity contribution in [2.24, 2.45) is 0 Å². The molecule has 0 atom stereocenters. The molecule has 33 heavy (non-hydrogen) atoms. The zero-order chi connectivity index (χ0) is 24.5. The summed E-state index contributed by atoms with van der Waals surface area (Å²) in [6.07, 6.45) is 6.82. The predicted molar refractivity (Wildman–Crippen MR) is 141 cm³/mol. The van der Waals surface area contributed by atoms with Gasteiger partial charge in [0.1, 0.15) is 0 Å². The fourth-order valence-corrected chi connectivity index (χ4v) is 22.3. The van der Waals surface area contributed by atoms with E-state index in [0.717, 1.165) is 11.1 Å². The number of Topliss-reactive ketones (excluding diaryl/α,β-unsaturated/α-hetero) is 1. The van der Waals surface area contributed by atoms with Gasteiger partial charge in [-0.05, 0) is 0 Å². The summed E-state index contributed by atoms with van der Waals surface area (Å²) in [4.78, 5) is 28.4. The third-order valence-electron chi connectivity index (χ3n) is 6.65. The standard InChI is InChI=1S/C16H18NO3.3C4H9.Sn/c1-16(2,3)20-15(19)17-10-9-13(14(18)11-17)12-7-5-4-6-8-12;3*1-3-4-2;/h4-8H,10-11H2,1-3H3;3*1,3-4H2,2H3;. The van der Waals surface area contributed by atoms with Crippen LogP contribution in [0, 0.1) is 0 Å². The summed E-state index contributed by atoms with van der Waals surface area (Å²) in [5.74, 6) is 0.0823. The number of nitrogens with zero attached hydrogens (tertiary/aromatic N) is 1. The molecule has 4 nitrogen and oxygen atoms in total. The van der Waals surface area contributed by atoms with Crippen molar-refractivity contribution in [2.45, 2.75) is 99.0 Å². The van der Waals surface area contributed by atoms with Crippen molar-refractivity contribution in [1.82, 2.24) is 4.90 Å². The van der Waals surface area contributed by atoms with Crippen LogP contribution < -0.4 is 0 Å². The summed E-state index contributed by atoms with van der Waals surface area (Å²) < 4.78 is 10.9. The Hall–Kier alpha value is -1.30. The van der Waals surface area contributed by atoms with Gasteiger partial charge in [-0.15, -0.1) is 0 Å². The number of hydrogen-bond donors (Lipinski definition) is 0. The molecule has 0 aliphatic carbocycles. The predicted octanol–water partition coefficient (Wildman–Crippen LogP) is 7.65. The van der Waals surface area contributed by atoms with Crippen molar-refractivity contribution in [3.8, 4) is 0 Å². The van der Waals surface area contributed by atoms with Crippen LogP contribution in [0.3, 0.4) is 0 Å². The second-order valence-corrected chi connectivity index (χ2v) is 23.9. The molecular weight excluding hydrogens is 517 g/mol.